The molecule has 1 atom stereocenters. The van der Waals surface area contributed by atoms with Crippen LogP contribution in [0.15, 0.2) is 39.6 Å². The number of amides is 2. The van der Waals surface area contributed by atoms with Crippen LogP contribution in [-0.2, 0) is 4.79 Å². The van der Waals surface area contributed by atoms with Gasteiger partial charge in [0.25, 0.3) is 5.91 Å². The van der Waals surface area contributed by atoms with Crippen LogP contribution in [0.5, 0.6) is 0 Å². The van der Waals surface area contributed by atoms with Crippen LogP contribution in [0.1, 0.15) is 48.8 Å². The number of nitrogens with one attached hydrogen (secondary N) is 2. The van der Waals surface area contributed by atoms with E-state index in [0.29, 0.717) is 13.1 Å². The highest BCUT2D eigenvalue weighted by molar-refractivity contribution is 7.08. The molecule has 8 heteroatoms. The molecule has 2 aromatic heterocycles. The second-order valence-corrected chi connectivity index (χ2v) is 8.37. The van der Waals surface area contributed by atoms with Crippen molar-refractivity contribution >= 4 is 23.2 Å². The van der Waals surface area contributed by atoms with Crippen molar-refractivity contribution in [2.24, 2.45) is 0 Å². The topological polar surface area (TPSA) is 77.8 Å². The van der Waals surface area contributed by atoms with Crippen LogP contribution in [0.3, 0.4) is 0 Å². The summed E-state index contributed by atoms with van der Waals surface area (Å²) < 4.78 is 5.60. The van der Waals surface area contributed by atoms with Gasteiger partial charge in [0.1, 0.15) is 5.76 Å². The van der Waals surface area contributed by atoms with Gasteiger partial charge < -0.3 is 15.1 Å². The molecule has 2 amide bonds. The van der Waals surface area contributed by atoms with Gasteiger partial charge in [0, 0.05) is 36.6 Å². The second kappa shape index (κ2) is 11.3. The molecule has 0 bridgehead atoms. The molecule has 1 saturated heterocycles. The maximum atomic E-state index is 12.5. The Hall–Kier alpha value is -2.16. The lowest BCUT2D eigenvalue weighted by atomic mass is 10.0. The molecule has 2 aromatic rings. The Morgan fingerprint density at radius 2 is 2.03 bits per heavy atom. The van der Waals surface area contributed by atoms with Crippen LogP contribution < -0.4 is 10.6 Å². The highest BCUT2D eigenvalue weighted by Crippen LogP contribution is 2.20. The van der Waals surface area contributed by atoms with Gasteiger partial charge in [-0.1, -0.05) is 13.8 Å². The number of rotatable bonds is 10. The standard InChI is InChI=1S/C22H32N4O3S/c1-3-26(4-2)19(20-6-5-12-29-20)14-23-21(27)15-25-10-7-18(8-11-25)24-22(28)17-9-13-30-16-17/h5-6,9,12-13,16,18-19H,3-4,7-8,10-11,14-15H2,1-2H3,(H,23,27)(H,24,28)/t19-/m1/s1. The van der Waals surface area contributed by atoms with Crippen molar-refractivity contribution in [2.45, 2.75) is 38.8 Å². The highest BCUT2D eigenvalue weighted by Gasteiger charge is 2.24. The normalized spacial score (nSPS) is 16.5. The van der Waals surface area contributed by atoms with E-state index in [-0.39, 0.29) is 23.9 Å². The highest BCUT2D eigenvalue weighted by atomic mass is 32.1. The number of thiophene rings is 1. The number of carbonyl (C=O) groups excluding carboxylic acids is 2. The van der Waals surface area contributed by atoms with Crippen molar-refractivity contribution < 1.29 is 14.0 Å². The molecule has 0 aromatic carbocycles. The predicted octanol–water partition coefficient (Wildman–Crippen LogP) is 2.73. The van der Waals surface area contributed by atoms with E-state index in [4.69, 9.17) is 4.42 Å². The van der Waals surface area contributed by atoms with Crippen LogP contribution in [0.25, 0.3) is 0 Å². The molecule has 1 aliphatic heterocycles. The molecule has 0 saturated carbocycles. The molecule has 3 rings (SSSR count). The van der Waals surface area contributed by atoms with E-state index in [1.807, 2.05) is 29.0 Å². The molecule has 7 nitrogen and oxygen atoms in total. The first kappa shape index (κ1) is 22.5. The number of likely N-dealkylation sites (tertiary alicyclic amines) is 1. The SMILES string of the molecule is CCN(CC)[C@H](CNC(=O)CN1CCC(NC(=O)c2ccsc2)CC1)c1ccco1. The lowest BCUT2D eigenvalue weighted by molar-refractivity contribution is -0.122. The van der Waals surface area contributed by atoms with E-state index in [0.717, 1.165) is 50.3 Å². The van der Waals surface area contributed by atoms with Gasteiger partial charge >= 0.3 is 0 Å². The summed E-state index contributed by atoms with van der Waals surface area (Å²) in [5, 5.41) is 9.95. The quantitative estimate of drug-likeness (QED) is 0.604. The summed E-state index contributed by atoms with van der Waals surface area (Å²) in [6.07, 6.45) is 3.39. The second-order valence-electron chi connectivity index (χ2n) is 7.59. The van der Waals surface area contributed by atoms with Gasteiger partial charge in [-0.15, -0.1) is 0 Å². The van der Waals surface area contributed by atoms with E-state index in [1.54, 1.807) is 6.26 Å². The Kier molecular flexibility index (Phi) is 8.48. The van der Waals surface area contributed by atoms with E-state index < -0.39 is 0 Å². The molecule has 1 fully saturated rings. The first-order chi connectivity index (χ1) is 14.6. The Bertz CT molecular complexity index is 766. The average Bonchev–Trinajstić information content (AvgIpc) is 3.46. The molecule has 0 unspecified atom stereocenters. The largest absolute Gasteiger partial charge is 0.468 e. The lowest BCUT2D eigenvalue weighted by Gasteiger charge is -2.32. The van der Waals surface area contributed by atoms with E-state index in [1.165, 1.54) is 11.3 Å². The third kappa shape index (κ3) is 6.17. The van der Waals surface area contributed by atoms with Crippen LogP contribution >= 0.6 is 11.3 Å². The van der Waals surface area contributed by atoms with E-state index >= 15 is 0 Å². The molecule has 30 heavy (non-hydrogen) atoms. The molecule has 3 heterocycles. The van der Waals surface area contributed by atoms with E-state index in [9.17, 15) is 9.59 Å². The van der Waals surface area contributed by atoms with Crippen molar-refractivity contribution in [3.8, 4) is 0 Å². The zero-order valence-corrected chi connectivity index (χ0v) is 18.6. The summed E-state index contributed by atoms with van der Waals surface area (Å²) in [6.45, 7) is 8.53. The summed E-state index contributed by atoms with van der Waals surface area (Å²) in [4.78, 5) is 29.2. The summed E-state index contributed by atoms with van der Waals surface area (Å²) in [6, 6.07) is 5.90. The zero-order valence-electron chi connectivity index (χ0n) is 17.8. The first-order valence-corrected chi connectivity index (χ1v) is 11.6. The summed E-state index contributed by atoms with van der Waals surface area (Å²) in [5.74, 6) is 0.897. The van der Waals surface area contributed by atoms with Gasteiger partial charge in [0.2, 0.25) is 5.91 Å². The number of likely N-dealkylation sites (N-methyl/N-ethyl adjacent to an activating group) is 1. The minimum atomic E-state index is -0.00665. The molecule has 164 valence electrons. The summed E-state index contributed by atoms with van der Waals surface area (Å²) in [7, 11) is 0. The lowest BCUT2D eigenvalue weighted by Crippen LogP contribution is -2.48. The average molecular weight is 433 g/mol. The van der Waals surface area contributed by atoms with E-state index in [2.05, 4.69) is 34.3 Å². The molecule has 1 aliphatic rings. The number of furan rings is 1. The van der Waals surface area contributed by atoms with Crippen molar-refractivity contribution in [1.82, 2.24) is 20.4 Å². The Labute approximate surface area is 182 Å². The van der Waals surface area contributed by atoms with Crippen molar-refractivity contribution in [3.05, 3.63) is 46.5 Å². The van der Waals surface area contributed by atoms with Gasteiger partial charge in [0.05, 0.1) is 18.8 Å². The number of carbonyl (C=O) groups is 2. The molecular formula is C22H32N4O3S. The maximum Gasteiger partial charge on any atom is 0.252 e. The van der Waals surface area contributed by atoms with Gasteiger partial charge in [-0.2, -0.15) is 11.3 Å². The minimum Gasteiger partial charge on any atom is -0.468 e. The fourth-order valence-corrected chi connectivity index (χ4v) is 4.56. The molecule has 0 aliphatic carbocycles. The Morgan fingerprint density at radius 3 is 2.63 bits per heavy atom. The number of hydrogen-bond donors (Lipinski definition) is 2. The number of nitrogens with zero attached hydrogens (tertiary/aromatic N) is 2. The zero-order chi connectivity index (χ0) is 21.3. The smallest absolute Gasteiger partial charge is 0.252 e. The molecule has 0 spiro atoms. The van der Waals surface area contributed by atoms with Crippen LogP contribution in [0.2, 0.25) is 0 Å². The van der Waals surface area contributed by atoms with Crippen LogP contribution in [-0.4, -0.2) is 66.9 Å². The maximum absolute atomic E-state index is 12.5. The number of piperidine rings is 1. The fraction of sp³-hybridized carbons (Fsp3) is 0.545. The minimum absolute atomic E-state index is 0.00665. The third-order valence-corrected chi connectivity index (χ3v) is 6.37. The summed E-state index contributed by atoms with van der Waals surface area (Å²) in [5.41, 5.74) is 0.723. The predicted molar refractivity (Wildman–Crippen MR) is 119 cm³/mol. The Morgan fingerprint density at radius 1 is 1.27 bits per heavy atom. The molecular weight excluding hydrogens is 400 g/mol. The van der Waals surface area contributed by atoms with Crippen molar-refractivity contribution in [2.75, 3.05) is 39.3 Å². The third-order valence-electron chi connectivity index (χ3n) is 5.69. The van der Waals surface area contributed by atoms with Gasteiger partial charge in [-0.05, 0) is 49.5 Å². The van der Waals surface area contributed by atoms with Crippen LogP contribution in [0, 0.1) is 0 Å². The number of hydrogen-bond acceptors (Lipinski definition) is 6. The summed E-state index contributed by atoms with van der Waals surface area (Å²) >= 11 is 1.52. The van der Waals surface area contributed by atoms with Crippen molar-refractivity contribution in [3.63, 3.8) is 0 Å². The first-order valence-electron chi connectivity index (χ1n) is 10.7. The van der Waals surface area contributed by atoms with Gasteiger partial charge in [0.15, 0.2) is 0 Å². The monoisotopic (exact) mass is 432 g/mol. The molecule has 2 N–H and O–H groups in total. The van der Waals surface area contributed by atoms with Gasteiger partial charge in [-0.3, -0.25) is 19.4 Å². The van der Waals surface area contributed by atoms with Gasteiger partial charge in [-0.25, -0.2) is 0 Å². The van der Waals surface area contributed by atoms with Crippen molar-refractivity contribution in [1.29, 1.82) is 0 Å². The van der Waals surface area contributed by atoms with Crippen LogP contribution in [0.4, 0.5) is 0 Å². The fourth-order valence-electron chi connectivity index (χ4n) is 3.92. The Balaban J connectivity index is 1.41. The molecule has 0 radical (unpaired) electrons.